The van der Waals surface area contributed by atoms with Gasteiger partial charge in [-0.2, -0.15) is 5.10 Å². The van der Waals surface area contributed by atoms with E-state index in [0.717, 1.165) is 25.9 Å². The largest absolute Gasteiger partial charge is 0.346 e. The molecule has 3 heterocycles. The number of carbonyl (C=O) groups excluding carboxylic acids is 2. The van der Waals surface area contributed by atoms with Crippen molar-refractivity contribution in [2.24, 2.45) is 0 Å². The van der Waals surface area contributed by atoms with Gasteiger partial charge < -0.3 is 15.5 Å². The Hall–Kier alpha value is -1.60. The molecule has 2 amide bonds. The van der Waals surface area contributed by atoms with Crippen LogP contribution < -0.4 is 10.6 Å². The van der Waals surface area contributed by atoms with E-state index in [1.54, 1.807) is 18.0 Å². The van der Waals surface area contributed by atoms with Crippen LogP contribution >= 0.6 is 12.4 Å². The van der Waals surface area contributed by atoms with Crippen LogP contribution in [0.1, 0.15) is 35.8 Å². The molecule has 2 aliphatic heterocycles. The van der Waals surface area contributed by atoms with E-state index in [9.17, 15) is 9.59 Å². The fourth-order valence-corrected chi connectivity index (χ4v) is 2.94. The number of nitrogens with one attached hydrogen (secondary N) is 2. The summed E-state index contributed by atoms with van der Waals surface area (Å²) in [5.41, 5.74) is 0.419. The summed E-state index contributed by atoms with van der Waals surface area (Å²) in [4.78, 5) is 25.3. The third-order valence-corrected chi connectivity index (χ3v) is 4.16. The molecule has 0 bridgehead atoms. The zero-order valence-electron chi connectivity index (χ0n) is 12.6. The van der Waals surface area contributed by atoms with Crippen molar-refractivity contribution in [1.82, 2.24) is 25.3 Å². The van der Waals surface area contributed by atoms with E-state index in [-0.39, 0.29) is 30.3 Å². The van der Waals surface area contributed by atoms with Gasteiger partial charge in [0.05, 0.1) is 12.1 Å². The van der Waals surface area contributed by atoms with Crippen molar-refractivity contribution in [3.63, 3.8) is 0 Å². The predicted octanol–water partition coefficient (Wildman–Crippen LogP) is 0.190. The highest BCUT2D eigenvalue weighted by Gasteiger charge is 2.28. The second-order valence-corrected chi connectivity index (χ2v) is 5.83. The van der Waals surface area contributed by atoms with Crippen LogP contribution in [-0.4, -0.2) is 59.2 Å². The summed E-state index contributed by atoms with van der Waals surface area (Å²) in [5, 5.41) is 10.6. The Bertz CT molecular complexity index is 541. The molecule has 0 aromatic carbocycles. The zero-order valence-corrected chi connectivity index (χ0v) is 13.4. The Kier molecular flexibility index (Phi) is 5.42. The molecular formula is C14H22ClN5O2. The van der Waals surface area contributed by atoms with Crippen molar-refractivity contribution < 1.29 is 9.59 Å². The van der Waals surface area contributed by atoms with Crippen LogP contribution in [0.15, 0.2) is 12.3 Å². The molecule has 1 aromatic rings. The summed E-state index contributed by atoms with van der Waals surface area (Å²) >= 11 is 0. The molecule has 0 saturated carbocycles. The van der Waals surface area contributed by atoms with E-state index in [2.05, 4.69) is 15.7 Å². The SMILES string of the molecule is CN1CC(NC(=O)c2ccn(C3CCCNC3)n2)CC1=O.Cl. The van der Waals surface area contributed by atoms with E-state index in [1.165, 1.54) is 0 Å². The number of halogens is 1. The van der Waals surface area contributed by atoms with Gasteiger partial charge in [0.25, 0.3) is 5.91 Å². The Morgan fingerprint density at radius 2 is 2.32 bits per heavy atom. The van der Waals surface area contributed by atoms with Crippen LogP contribution in [0.5, 0.6) is 0 Å². The average Bonchev–Trinajstić information content (AvgIpc) is 3.08. The van der Waals surface area contributed by atoms with Crippen LogP contribution in [0.4, 0.5) is 0 Å². The van der Waals surface area contributed by atoms with Gasteiger partial charge in [0.1, 0.15) is 5.69 Å². The number of hydrogen-bond acceptors (Lipinski definition) is 4. The highest BCUT2D eigenvalue weighted by atomic mass is 35.5. The monoisotopic (exact) mass is 327 g/mol. The lowest BCUT2D eigenvalue weighted by atomic mass is 10.1. The van der Waals surface area contributed by atoms with Gasteiger partial charge in [-0.05, 0) is 25.5 Å². The first-order chi connectivity index (χ1) is 10.1. The Morgan fingerprint density at radius 3 is 2.95 bits per heavy atom. The summed E-state index contributed by atoms with van der Waals surface area (Å²) in [6, 6.07) is 1.95. The molecule has 2 aliphatic rings. The minimum absolute atomic E-state index is 0. The number of nitrogens with zero attached hydrogens (tertiary/aromatic N) is 3. The first kappa shape index (κ1) is 16.8. The summed E-state index contributed by atoms with van der Waals surface area (Å²) in [6.07, 6.45) is 4.44. The van der Waals surface area contributed by atoms with Gasteiger partial charge in [-0.25, -0.2) is 0 Å². The molecule has 2 atom stereocenters. The molecule has 2 saturated heterocycles. The summed E-state index contributed by atoms with van der Waals surface area (Å²) in [6.45, 7) is 2.51. The molecule has 2 unspecified atom stereocenters. The highest BCUT2D eigenvalue weighted by molar-refractivity contribution is 5.93. The normalized spacial score (nSPS) is 25.0. The lowest BCUT2D eigenvalue weighted by Crippen LogP contribution is -2.37. The molecule has 22 heavy (non-hydrogen) atoms. The molecule has 2 fully saturated rings. The molecule has 7 nitrogen and oxygen atoms in total. The first-order valence-corrected chi connectivity index (χ1v) is 7.44. The van der Waals surface area contributed by atoms with Crippen LogP contribution in [0.25, 0.3) is 0 Å². The lowest BCUT2D eigenvalue weighted by molar-refractivity contribution is -0.126. The Labute approximate surface area is 135 Å². The van der Waals surface area contributed by atoms with Crippen molar-refractivity contribution in [3.05, 3.63) is 18.0 Å². The third-order valence-electron chi connectivity index (χ3n) is 4.16. The number of piperidine rings is 1. The summed E-state index contributed by atoms with van der Waals surface area (Å²) in [5.74, 6) is -0.135. The lowest BCUT2D eigenvalue weighted by Gasteiger charge is -2.22. The number of likely N-dealkylation sites (N-methyl/N-ethyl adjacent to an activating group) is 1. The number of likely N-dealkylation sites (tertiary alicyclic amines) is 1. The van der Waals surface area contributed by atoms with E-state index >= 15 is 0 Å². The minimum atomic E-state index is -0.203. The van der Waals surface area contributed by atoms with E-state index in [0.29, 0.717) is 24.7 Å². The first-order valence-electron chi connectivity index (χ1n) is 7.44. The molecule has 0 radical (unpaired) electrons. The molecular weight excluding hydrogens is 306 g/mol. The predicted molar refractivity (Wildman–Crippen MR) is 84.1 cm³/mol. The maximum Gasteiger partial charge on any atom is 0.272 e. The van der Waals surface area contributed by atoms with Crippen molar-refractivity contribution >= 4 is 24.2 Å². The molecule has 122 valence electrons. The van der Waals surface area contributed by atoms with Crippen molar-refractivity contribution in [1.29, 1.82) is 0 Å². The van der Waals surface area contributed by atoms with Crippen molar-refractivity contribution in [3.8, 4) is 0 Å². The van der Waals surface area contributed by atoms with E-state index < -0.39 is 0 Å². The van der Waals surface area contributed by atoms with Gasteiger partial charge in [0.15, 0.2) is 0 Å². The van der Waals surface area contributed by atoms with Gasteiger partial charge in [0.2, 0.25) is 5.91 Å². The minimum Gasteiger partial charge on any atom is -0.346 e. The number of rotatable bonds is 3. The Balaban J connectivity index is 0.00000176. The molecule has 0 aliphatic carbocycles. The fourth-order valence-electron chi connectivity index (χ4n) is 2.94. The molecule has 2 N–H and O–H groups in total. The number of amides is 2. The van der Waals surface area contributed by atoms with Gasteiger partial charge >= 0.3 is 0 Å². The van der Waals surface area contributed by atoms with Gasteiger partial charge in [-0.15, -0.1) is 12.4 Å². The fraction of sp³-hybridized carbons (Fsp3) is 0.643. The molecule has 1 aromatic heterocycles. The maximum atomic E-state index is 12.2. The van der Waals surface area contributed by atoms with Crippen LogP contribution in [0.3, 0.4) is 0 Å². The number of carbonyl (C=O) groups is 2. The average molecular weight is 328 g/mol. The standard InChI is InChI=1S/C14H21N5O2.ClH/c1-18-9-10(7-13(18)20)16-14(21)12-4-6-19(17-12)11-3-2-5-15-8-11;/h4,6,10-11,15H,2-3,5,7-9H2,1H3,(H,16,21);1H. The van der Waals surface area contributed by atoms with Gasteiger partial charge in [-0.3, -0.25) is 14.3 Å². The van der Waals surface area contributed by atoms with Crippen molar-refractivity contribution in [2.75, 3.05) is 26.7 Å². The van der Waals surface area contributed by atoms with Crippen molar-refractivity contribution in [2.45, 2.75) is 31.3 Å². The highest BCUT2D eigenvalue weighted by Crippen LogP contribution is 2.16. The number of hydrogen-bond donors (Lipinski definition) is 2. The summed E-state index contributed by atoms with van der Waals surface area (Å²) in [7, 11) is 1.75. The smallest absolute Gasteiger partial charge is 0.272 e. The third kappa shape index (κ3) is 3.59. The van der Waals surface area contributed by atoms with Crippen LogP contribution in [0.2, 0.25) is 0 Å². The second-order valence-electron chi connectivity index (χ2n) is 5.83. The van der Waals surface area contributed by atoms with Gasteiger partial charge in [-0.1, -0.05) is 0 Å². The molecule has 8 heteroatoms. The zero-order chi connectivity index (χ0) is 14.8. The summed E-state index contributed by atoms with van der Waals surface area (Å²) < 4.78 is 1.87. The van der Waals surface area contributed by atoms with E-state index in [1.807, 2.05) is 10.9 Å². The quantitative estimate of drug-likeness (QED) is 0.830. The molecule has 0 spiro atoms. The maximum absolute atomic E-state index is 12.2. The van der Waals surface area contributed by atoms with Crippen LogP contribution in [0, 0.1) is 0 Å². The molecule has 3 rings (SSSR count). The Morgan fingerprint density at radius 1 is 1.50 bits per heavy atom. The van der Waals surface area contributed by atoms with Gasteiger partial charge in [0, 0.05) is 32.8 Å². The van der Waals surface area contributed by atoms with Crippen LogP contribution in [-0.2, 0) is 4.79 Å². The second kappa shape index (κ2) is 7.11. The van der Waals surface area contributed by atoms with E-state index in [4.69, 9.17) is 0 Å². The topological polar surface area (TPSA) is 79.3 Å². The number of aromatic nitrogens is 2.